The highest BCUT2D eigenvalue weighted by molar-refractivity contribution is 9.10. The number of ether oxygens (including phenoxy) is 1. The number of nitrogens with one attached hydrogen (secondary N) is 1. The van der Waals surface area contributed by atoms with Gasteiger partial charge in [0.1, 0.15) is 11.8 Å². The normalized spacial score (nSPS) is 12.4. The second-order valence-corrected chi connectivity index (χ2v) is 9.19. The van der Waals surface area contributed by atoms with Crippen molar-refractivity contribution in [3.63, 3.8) is 0 Å². The summed E-state index contributed by atoms with van der Waals surface area (Å²) in [5, 5.41) is 3.07. The van der Waals surface area contributed by atoms with E-state index in [4.69, 9.17) is 4.74 Å². The SMILES string of the molecule is CC[C@@H](C)NC(=O)[C@@H](Cc1ccccc1)N(Cc1ccccc1)C(=O)COc1ccc(Br)cc1. The summed E-state index contributed by atoms with van der Waals surface area (Å²) in [7, 11) is 0. The molecule has 0 saturated heterocycles. The molecule has 3 rings (SSSR count). The largest absolute Gasteiger partial charge is 0.484 e. The van der Waals surface area contributed by atoms with Crippen molar-refractivity contribution in [1.29, 1.82) is 0 Å². The molecule has 0 spiro atoms. The fourth-order valence-electron chi connectivity index (χ4n) is 3.53. The van der Waals surface area contributed by atoms with Crippen LogP contribution in [-0.2, 0) is 22.6 Å². The zero-order valence-electron chi connectivity index (χ0n) is 19.6. The first-order valence-electron chi connectivity index (χ1n) is 11.5. The third kappa shape index (κ3) is 7.73. The monoisotopic (exact) mass is 522 g/mol. The Balaban J connectivity index is 1.88. The zero-order valence-corrected chi connectivity index (χ0v) is 21.2. The van der Waals surface area contributed by atoms with Gasteiger partial charge in [0, 0.05) is 23.5 Å². The van der Waals surface area contributed by atoms with Crippen LogP contribution < -0.4 is 10.1 Å². The number of amides is 2. The van der Waals surface area contributed by atoms with Crippen molar-refractivity contribution < 1.29 is 14.3 Å². The first-order valence-corrected chi connectivity index (χ1v) is 12.3. The molecule has 0 bridgehead atoms. The first-order chi connectivity index (χ1) is 16.5. The van der Waals surface area contributed by atoms with Gasteiger partial charge in [0.15, 0.2) is 6.61 Å². The van der Waals surface area contributed by atoms with Crippen LogP contribution in [0.4, 0.5) is 0 Å². The fraction of sp³-hybridized carbons (Fsp3) is 0.286. The minimum atomic E-state index is -0.669. The predicted molar refractivity (Wildman–Crippen MR) is 138 cm³/mol. The Morgan fingerprint density at radius 1 is 0.912 bits per heavy atom. The molecule has 2 amide bonds. The number of carbonyl (C=O) groups excluding carboxylic acids is 2. The molecule has 0 radical (unpaired) electrons. The fourth-order valence-corrected chi connectivity index (χ4v) is 3.80. The summed E-state index contributed by atoms with van der Waals surface area (Å²) >= 11 is 3.40. The molecule has 178 valence electrons. The van der Waals surface area contributed by atoms with Crippen molar-refractivity contribution in [2.75, 3.05) is 6.61 Å². The molecule has 6 heteroatoms. The number of carbonyl (C=O) groups is 2. The van der Waals surface area contributed by atoms with E-state index < -0.39 is 6.04 Å². The lowest BCUT2D eigenvalue weighted by Crippen LogP contribution is -2.53. The average molecular weight is 523 g/mol. The second-order valence-electron chi connectivity index (χ2n) is 8.27. The second kappa shape index (κ2) is 12.9. The number of halogens is 1. The molecule has 0 heterocycles. The minimum absolute atomic E-state index is 0.0125. The number of rotatable bonds is 11. The van der Waals surface area contributed by atoms with Crippen LogP contribution in [0.3, 0.4) is 0 Å². The van der Waals surface area contributed by atoms with Crippen LogP contribution in [0.25, 0.3) is 0 Å². The lowest BCUT2D eigenvalue weighted by Gasteiger charge is -2.32. The summed E-state index contributed by atoms with van der Waals surface area (Å²) in [4.78, 5) is 28.5. The van der Waals surface area contributed by atoms with E-state index in [0.29, 0.717) is 18.7 Å². The Labute approximate surface area is 210 Å². The van der Waals surface area contributed by atoms with Gasteiger partial charge in [-0.3, -0.25) is 9.59 Å². The van der Waals surface area contributed by atoms with Crippen LogP contribution >= 0.6 is 15.9 Å². The number of benzene rings is 3. The number of nitrogens with zero attached hydrogens (tertiary/aromatic N) is 1. The van der Waals surface area contributed by atoms with Gasteiger partial charge in [-0.25, -0.2) is 0 Å². The Hall–Kier alpha value is -3.12. The summed E-state index contributed by atoms with van der Waals surface area (Å²) < 4.78 is 6.71. The van der Waals surface area contributed by atoms with Gasteiger partial charge in [0.2, 0.25) is 5.91 Å². The van der Waals surface area contributed by atoms with Crippen LogP contribution in [0.2, 0.25) is 0 Å². The molecular formula is C28H31BrN2O3. The average Bonchev–Trinajstić information content (AvgIpc) is 2.86. The molecule has 2 atom stereocenters. The molecule has 1 N–H and O–H groups in total. The molecule has 5 nitrogen and oxygen atoms in total. The van der Waals surface area contributed by atoms with E-state index in [9.17, 15) is 9.59 Å². The predicted octanol–water partition coefficient (Wildman–Crippen LogP) is 5.38. The van der Waals surface area contributed by atoms with Gasteiger partial charge >= 0.3 is 0 Å². The number of hydrogen-bond acceptors (Lipinski definition) is 3. The van der Waals surface area contributed by atoms with Crippen molar-refractivity contribution >= 4 is 27.7 Å². The molecule has 0 saturated carbocycles. The van der Waals surface area contributed by atoms with Gasteiger partial charge in [0.05, 0.1) is 0 Å². The van der Waals surface area contributed by atoms with E-state index in [1.807, 2.05) is 86.6 Å². The van der Waals surface area contributed by atoms with Gasteiger partial charge in [-0.2, -0.15) is 0 Å². The van der Waals surface area contributed by atoms with Gasteiger partial charge in [-0.15, -0.1) is 0 Å². The smallest absolute Gasteiger partial charge is 0.261 e. The topological polar surface area (TPSA) is 58.6 Å². The lowest BCUT2D eigenvalue weighted by atomic mass is 10.0. The maximum atomic E-state index is 13.5. The van der Waals surface area contributed by atoms with Crippen LogP contribution in [-0.4, -0.2) is 35.4 Å². The molecule has 0 aliphatic carbocycles. The van der Waals surface area contributed by atoms with Crippen LogP contribution in [0.1, 0.15) is 31.4 Å². The molecule has 3 aromatic rings. The summed E-state index contributed by atoms with van der Waals surface area (Å²) in [6.07, 6.45) is 1.23. The molecule has 0 aromatic heterocycles. The molecule has 3 aromatic carbocycles. The minimum Gasteiger partial charge on any atom is -0.484 e. The summed E-state index contributed by atoms with van der Waals surface area (Å²) in [5.74, 6) is 0.193. The number of hydrogen-bond donors (Lipinski definition) is 1. The van der Waals surface area contributed by atoms with Crippen molar-refractivity contribution in [2.45, 2.75) is 45.3 Å². The molecule has 0 aliphatic heterocycles. The third-order valence-corrected chi connectivity index (χ3v) is 6.17. The van der Waals surface area contributed by atoms with E-state index in [0.717, 1.165) is 22.0 Å². The van der Waals surface area contributed by atoms with Gasteiger partial charge in [0.25, 0.3) is 5.91 Å². The molecule has 0 unspecified atom stereocenters. The highest BCUT2D eigenvalue weighted by Gasteiger charge is 2.31. The van der Waals surface area contributed by atoms with Crippen LogP contribution in [0.5, 0.6) is 5.75 Å². The van der Waals surface area contributed by atoms with E-state index >= 15 is 0 Å². The standard InChI is InChI=1S/C28H31BrN2O3/c1-3-21(2)30-28(33)26(18-22-10-6-4-7-11-22)31(19-23-12-8-5-9-13-23)27(32)20-34-25-16-14-24(29)15-17-25/h4-17,21,26H,3,18-20H2,1-2H3,(H,30,33)/t21-,26-/m1/s1. The van der Waals surface area contributed by atoms with E-state index in [1.54, 1.807) is 17.0 Å². The molecular weight excluding hydrogens is 492 g/mol. The quantitative estimate of drug-likeness (QED) is 0.367. The van der Waals surface area contributed by atoms with Crippen molar-refractivity contribution in [3.8, 4) is 5.75 Å². The van der Waals surface area contributed by atoms with E-state index in [2.05, 4.69) is 21.2 Å². The van der Waals surface area contributed by atoms with Crippen molar-refractivity contribution in [3.05, 3.63) is 101 Å². The van der Waals surface area contributed by atoms with E-state index in [-0.39, 0.29) is 24.5 Å². The zero-order chi connectivity index (χ0) is 24.3. The third-order valence-electron chi connectivity index (χ3n) is 5.64. The molecule has 34 heavy (non-hydrogen) atoms. The Bertz CT molecular complexity index is 1040. The Kier molecular flexibility index (Phi) is 9.71. The van der Waals surface area contributed by atoms with E-state index in [1.165, 1.54) is 0 Å². The lowest BCUT2D eigenvalue weighted by molar-refractivity contribution is -0.143. The van der Waals surface area contributed by atoms with Crippen LogP contribution in [0.15, 0.2) is 89.4 Å². The van der Waals surface area contributed by atoms with Crippen molar-refractivity contribution in [1.82, 2.24) is 10.2 Å². The highest BCUT2D eigenvalue weighted by Crippen LogP contribution is 2.18. The maximum absolute atomic E-state index is 13.5. The maximum Gasteiger partial charge on any atom is 0.261 e. The highest BCUT2D eigenvalue weighted by atomic mass is 79.9. The van der Waals surface area contributed by atoms with Gasteiger partial charge in [-0.05, 0) is 48.7 Å². The Morgan fingerprint density at radius 3 is 2.09 bits per heavy atom. The summed E-state index contributed by atoms with van der Waals surface area (Å²) in [6, 6.07) is 26.2. The first kappa shape index (κ1) is 25.5. The molecule has 0 aliphatic rings. The van der Waals surface area contributed by atoms with Gasteiger partial charge in [-0.1, -0.05) is 83.5 Å². The van der Waals surface area contributed by atoms with Gasteiger partial charge < -0.3 is 15.0 Å². The summed E-state index contributed by atoms with van der Waals surface area (Å²) in [6.45, 7) is 4.15. The summed E-state index contributed by atoms with van der Waals surface area (Å²) in [5.41, 5.74) is 1.94. The van der Waals surface area contributed by atoms with Crippen molar-refractivity contribution in [2.24, 2.45) is 0 Å². The van der Waals surface area contributed by atoms with Crippen LogP contribution in [0, 0.1) is 0 Å². The Morgan fingerprint density at radius 2 is 1.50 bits per heavy atom. The molecule has 0 fully saturated rings.